The van der Waals surface area contributed by atoms with Crippen LogP contribution in [0.15, 0.2) is 11.6 Å². The minimum absolute atomic E-state index is 0.0540. The summed E-state index contributed by atoms with van der Waals surface area (Å²) >= 11 is 0. The van der Waals surface area contributed by atoms with Crippen molar-refractivity contribution in [2.45, 2.75) is 39.2 Å². The van der Waals surface area contributed by atoms with E-state index in [1.807, 2.05) is 13.0 Å². The summed E-state index contributed by atoms with van der Waals surface area (Å²) in [5.41, 5.74) is 0.973. The van der Waals surface area contributed by atoms with E-state index in [-0.39, 0.29) is 6.61 Å². The second-order valence-corrected chi connectivity index (χ2v) is 2.76. The predicted molar refractivity (Wildman–Crippen MR) is 46.4 cm³/mol. The number of hydrogen-bond donors (Lipinski definition) is 2. The van der Waals surface area contributed by atoms with Gasteiger partial charge in [-0.3, -0.25) is 0 Å². The number of allylic oxidation sites excluding steroid dienone is 1. The van der Waals surface area contributed by atoms with Crippen LogP contribution >= 0.6 is 0 Å². The second-order valence-electron chi connectivity index (χ2n) is 2.76. The smallest absolute Gasteiger partial charge is 0.0769 e. The van der Waals surface area contributed by atoms with E-state index in [0.717, 1.165) is 18.4 Å². The number of unbranched alkanes of at least 4 members (excludes halogenated alkanes) is 1. The number of aliphatic hydroxyl groups excluding tert-OH is 2. The van der Waals surface area contributed by atoms with Crippen LogP contribution in [-0.4, -0.2) is 22.9 Å². The van der Waals surface area contributed by atoms with Gasteiger partial charge in [0.1, 0.15) is 0 Å². The average Bonchev–Trinajstić information content (AvgIpc) is 2.00. The maximum atomic E-state index is 9.32. The van der Waals surface area contributed by atoms with E-state index in [4.69, 9.17) is 5.11 Å². The Morgan fingerprint density at radius 1 is 1.55 bits per heavy atom. The van der Waals surface area contributed by atoms with Crippen LogP contribution < -0.4 is 0 Å². The molecule has 0 heterocycles. The Balaban J connectivity index is 3.69. The fourth-order valence-electron chi connectivity index (χ4n) is 0.858. The van der Waals surface area contributed by atoms with Crippen molar-refractivity contribution in [3.8, 4) is 0 Å². The Hall–Kier alpha value is -0.340. The molecule has 0 aromatic heterocycles. The Kier molecular flexibility index (Phi) is 6.18. The van der Waals surface area contributed by atoms with Crippen LogP contribution in [0.2, 0.25) is 0 Å². The molecule has 2 heteroatoms. The van der Waals surface area contributed by atoms with Gasteiger partial charge >= 0.3 is 0 Å². The molecule has 0 aromatic carbocycles. The molecular weight excluding hydrogens is 140 g/mol. The highest BCUT2D eigenvalue weighted by atomic mass is 16.3. The molecule has 1 atom stereocenters. The summed E-state index contributed by atoms with van der Waals surface area (Å²) < 4.78 is 0. The molecule has 0 saturated carbocycles. The lowest BCUT2D eigenvalue weighted by Gasteiger charge is -2.08. The monoisotopic (exact) mass is 158 g/mol. The largest absolute Gasteiger partial charge is 0.396 e. The zero-order valence-corrected chi connectivity index (χ0v) is 7.38. The van der Waals surface area contributed by atoms with E-state index >= 15 is 0 Å². The van der Waals surface area contributed by atoms with Gasteiger partial charge in [0.2, 0.25) is 0 Å². The molecule has 0 radical (unpaired) electrons. The van der Waals surface area contributed by atoms with Crippen molar-refractivity contribution in [1.82, 2.24) is 0 Å². The summed E-state index contributed by atoms with van der Waals surface area (Å²) in [6, 6.07) is 0. The molecule has 2 nitrogen and oxygen atoms in total. The van der Waals surface area contributed by atoms with Gasteiger partial charge in [-0.25, -0.2) is 0 Å². The van der Waals surface area contributed by atoms with Gasteiger partial charge in [0.25, 0.3) is 0 Å². The zero-order chi connectivity index (χ0) is 8.69. The normalized spacial score (nSPS) is 15.1. The van der Waals surface area contributed by atoms with E-state index in [1.165, 1.54) is 0 Å². The lowest BCUT2D eigenvalue weighted by atomic mass is 10.1. The molecule has 0 aliphatic carbocycles. The van der Waals surface area contributed by atoms with Gasteiger partial charge in [-0.1, -0.05) is 19.4 Å². The van der Waals surface area contributed by atoms with Gasteiger partial charge in [0, 0.05) is 13.0 Å². The van der Waals surface area contributed by atoms with Crippen LogP contribution in [0.1, 0.15) is 33.1 Å². The molecule has 1 unspecified atom stereocenters. The first-order chi connectivity index (χ1) is 5.22. The molecular formula is C9H18O2. The predicted octanol–water partition coefficient (Wildman–Crippen LogP) is 1.48. The van der Waals surface area contributed by atoms with Crippen LogP contribution in [-0.2, 0) is 0 Å². The molecule has 0 rings (SSSR count). The Bertz CT molecular complexity index is 119. The Morgan fingerprint density at radius 3 is 2.64 bits per heavy atom. The molecule has 0 amide bonds. The first kappa shape index (κ1) is 10.7. The van der Waals surface area contributed by atoms with Crippen molar-refractivity contribution in [1.29, 1.82) is 0 Å². The van der Waals surface area contributed by atoms with Crippen molar-refractivity contribution in [2.75, 3.05) is 6.61 Å². The second kappa shape index (κ2) is 6.38. The van der Waals surface area contributed by atoms with Gasteiger partial charge in [-0.15, -0.1) is 0 Å². The van der Waals surface area contributed by atoms with E-state index < -0.39 is 6.10 Å². The van der Waals surface area contributed by atoms with Crippen molar-refractivity contribution in [2.24, 2.45) is 0 Å². The van der Waals surface area contributed by atoms with E-state index in [1.54, 1.807) is 0 Å². The van der Waals surface area contributed by atoms with Crippen LogP contribution in [0.5, 0.6) is 0 Å². The van der Waals surface area contributed by atoms with Crippen LogP contribution in [0.3, 0.4) is 0 Å². The highest BCUT2D eigenvalue weighted by Crippen LogP contribution is 2.06. The summed E-state index contributed by atoms with van der Waals surface area (Å²) in [5.74, 6) is 0. The highest BCUT2D eigenvalue weighted by Gasteiger charge is 2.03. The fraction of sp³-hybridized carbons (Fsp3) is 0.778. The highest BCUT2D eigenvalue weighted by molar-refractivity contribution is 5.03. The number of hydrogen-bond acceptors (Lipinski definition) is 2. The molecule has 0 aliphatic rings. The maximum Gasteiger partial charge on any atom is 0.0769 e. The van der Waals surface area contributed by atoms with Gasteiger partial charge < -0.3 is 10.2 Å². The van der Waals surface area contributed by atoms with Crippen molar-refractivity contribution in [3.63, 3.8) is 0 Å². The number of rotatable bonds is 5. The van der Waals surface area contributed by atoms with Crippen molar-refractivity contribution in [3.05, 3.63) is 11.6 Å². The summed E-state index contributed by atoms with van der Waals surface area (Å²) in [7, 11) is 0. The van der Waals surface area contributed by atoms with Gasteiger partial charge in [0.15, 0.2) is 0 Å². The Labute approximate surface area is 68.6 Å². The lowest BCUT2D eigenvalue weighted by molar-refractivity contribution is 0.161. The summed E-state index contributed by atoms with van der Waals surface area (Å²) in [4.78, 5) is 0. The molecule has 0 aromatic rings. The van der Waals surface area contributed by atoms with Crippen LogP contribution in [0.25, 0.3) is 0 Å². The molecule has 0 aliphatic heterocycles. The van der Waals surface area contributed by atoms with Gasteiger partial charge in [0.05, 0.1) is 6.10 Å². The minimum atomic E-state index is -0.452. The molecule has 2 N–H and O–H groups in total. The maximum absolute atomic E-state index is 9.32. The third kappa shape index (κ3) is 4.99. The van der Waals surface area contributed by atoms with Gasteiger partial charge in [-0.2, -0.15) is 0 Å². The molecule has 66 valence electrons. The SMILES string of the molecule is CCCC=C(C)C(O)CCO. The fourth-order valence-corrected chi connectivity index (χ4v) is 0.858. The van der Waals surface area contributed by atoms with E-state index in [9.17, 15) is 5.11 Å². The van der Waals surface area contributed by atoms with Crippen LogP contribution in [0.4, 0.5) is 0 Å². The average molecular weight is 158 g/mol. The first-order valence-electron chi connectivity index (χ1n) is 4.18. The van der Waals surface area contributed by atoms with E-state index in [2.05, 4.69) is 6.92 Å². The molecule has 0 fully saturated rings. The quantitative estimate of drug-likeness (QED) is 0.595. The number of aliphatic hydroxyl groups is 2. The standard InChI is InChI=1S/C9H18O2/c1-3-4-5-8(2)9(11)6-7-10/h5,9-11H,3-4,6-7H2,1-2H3. The van der Waals surface area contributed by atoms with Crippen molar-refractivity contribution < 1.29 is 10.2 Å². The summed E-state index contributed by atoms with van der Waals surface area (Å²) in [6.45, 7) is 4.05. The van der Waals surface area contributed by atoms with Crippen LogP contribution in [0, 0.1) is 0 Å². The van der Waals surface area contributed by atoms with E-state index in [0.29, 0.717) is 6.42 Å². The third-order valence-corrected chi connectivity index (χ3v) is 1.68. The molecule has 11 heavy (non-hydrogen) atoms. The lowest BCUT2D eigenvalue weighted by Crippen LogP contribution is -2.09. The first-order valence-corrected chi connectivity index (χ1v) is 4.18. The van der Waals surface area contributed by atoms with Crippen molar-refractivity contribution >= 4 is 0 Å². The summed E-state index contributed by atoms with van der Waals surface area (Å²) in [6.07, 6.45) is 4.13. The minimum Gasteiger partial charge on any atom is -0.396 e. The molecule has 0 spiro atoms. The summed E-state index contributed by atoms with van der Waals surface area (Å²) in [5, 5.41) is 17.8. The zero-order valence-electron chi connectivity index (χ0n) is 7.38. The van der Waals surface area contributed by atoms with Gasteiger partial charge in [-0.05, 0) is 18.9 Å². The molecule has 0 bridgehead atoms. The molecule has 0 saturated heterocycles. The Morgan fingerprint density at radius 2 is 2.18 bits per heavy atom. The topological polar surface area (TPSA) is 40.5 Å². The third-order valence-electron chi connectivity index (χ3n) is 1.68.